The lowest BCUT2D eigenvalue weighted by atomic mass is 10.2. The Kier molecular flexibility index (Phi) is 4.82. The molecule has 1 amide bonds. The number of nitrogens with one attached hydrogen (secondary N) is 2. The molecule has 0 saturated carbocycles. The molecular weight excluding hydrogens is 331 g/mol. The van der Waals surface area contributed by atoms with Gasteiger partial charge in [-0.05, 0) is 48.5 Å². The molecule has 2 aromatic carbocycles. The molecule has 0 bridgehead atoms. The van der Waals surface area contributed by atoms with E-state index in [2.05, 4.69) is 10.6 Å². The number of hydrogen-bond donors (Lipinski definition) is 2. The van der Waals surface area contributed by atoms with Crippen molar-refractivity contribution in [1.82, 2.24) is 0 Å². The maximum atomic E-state index is 13.7. The fraction of sp³-hybridized carbons (Fsp3) is 0.0556. The lowest BCUT2D eigenvalue weighted by molar-refractivity contribution is 0.102. The number of carbonyl (C=O) groups excluding carboxylic acids is 1. The van der Waals surface area contributed by atoms with E-state index in [1.54, 1.807) is 18.4 Å². The number of hydrogen-bond acceptors (Lipinski definition) is 3. The molecule has 6 heteroatoms. The van der Waals surface area contributed by atoms with Gasteiger partial charge in [-0.15, -0.1) is 0 Å². The van der Waals surface area contributed by atoms with E-state index in [4.69, 9.17) is 16.0 Å². The summed E-state index contributed by atoms with van der Waals surface area (Å²) in [7, 11) is 0. The number of amides is 1. The van der Waals surface area contributed by atoms with Crippen LogP contribution in [0.25, 0.3) is 0 Å². The molecule has 3 rings (SSSR count). The van der Waals surface area contributed by atoms with Crippen molar-refractivity contribution in [3.63, 3.8) is 0 Å². The van der Waals surface area contributed by atoms with E-state index < -0.39 is 11.7 Å². The van der Waals surface area contributed by atoms with Crippen LogP contribution < -0.4 is 10.6 Å². The van der Waals surface area contributed by atoms with E-state index in [0.29, 0.717) is 12.2 Å². The molecule has 0 spiro atoms. The standard InChI is InChI=1S/C18H14ClFN2O2/c19-15-4-1-5-16(20)17(15)18(23)22-13-8-6-12(7-9-13)21-11-14-3-2-10-24-14/h1-10,21H,11H2,(H,22,23). The second-order valence-corrected chi connectivity index (χ2v) is 5.47. The topological polar surface area (TPSA) is 54.3 Å². The van der Waals surface area contributed by atoms with Crippen molar-refractivity contribution < 1.29 is 13.6 Å². The Balaban J connectivity index is 1.64. The molecule has 0 fully saturated rings. The SMILES string of the molecule is O=C(Nc1ccc(NCc2ccco2)cc1)c1c(F)cccc1Cl. The van der Waals surface area contributed by atoms with Crippen molar-refractivity contribution in [2.24, 2.45) is 0 Å². The Bertz CT molecular complexity index is 812. The van der Waals surface area contributed by atoms with Crippen molar-refractivity contribution in [3.8, 4) is 0 Å². The summed E-state index contributed by atoms with van der Waals surface area (Å²) in [6, 6.07) is 14.9. The molecular formula is C18H14ClFN2O2. The Hall–Kier alpha value is -2.79. The summed E-state index contributed by atoms with van der Waals surface area (Å²) in [5.41, 5.74) is 1.25. The minimum absolute atomic E-state index is 0.0734. The van der Waals surface area contributed by atoms with Gasteiger partial charge >= 0.3 is 0 Å². The van der Waals surface area contributed by atoms with Gasteiger partial charge < -0.3 is 15.1 Å². The average Bonchev–Trinajstić information content (AvgIpc) is 3.07. The number of halogens is 2. The van der Waals surface area contributed by atoms with Gasteiger partial charge in [0.15, 0.2) is 0 Å². The van der Waals surface area contributed by atoms with Crippen LogP contribution in [0.2, 0.25) is 5.02 Å². The molecule has 0 aliphatic carbocycles. The van der Waals surface area contributed by atoms with Gasteiger partial charge in [0.2, 0.25) is 0 Å². The fourth-order valence-corrected chi connectivity index (χ4v) is 2.43. The van der Waals surface area contributed by atoms with Crippen molar-refractivity contribution in [1.29, 1.82) is 0 Å². The lowest BCUT2D eigenvalue weighted by Crippen LogP contribution is -2.14. The Labute approximate surface area is 143 Å². The summed E-state index contributed by atoms with van der Waals surface area (Å²) in [5.74, 6) is -0.423. The normalized spacial score (nSPS) is 10.4. The zero-order valence-electron chi connectivity index (χ0n) is 12.6. The third kappa shape index (κ3) is 3.75. The minimum Gasteiger partial charge on any atom is -0.467 e. The van der Waals surface area contributed by atoms with E-state index in [0.717, 1.165) is 11.4 Å². The highest BCUT2D eigenvalue weighted by atomic mass is 35.5. The maximum Gasteiger partial charge on any atom is 0.260 e. The molecule has 0 saturated heterocycles. The first kappa shape index (κ1) is 16.1. The second-order valence-electron chi connectivity index (χ2n) is 5.06. The highest BCUT2D eigenvalue weighted by Gasteiger charge is 2.15. The molecule has 2 N–H and O–H groups in total. The number of carbonyl (C=O) groups is 1. The molecule has 24 heavy (non-hydrogen) atoms. The predicted molar refractivity (Wildman–Crippen MR) is 91.8 cm³/mol. The second kappa shape index (κ2) is 7.19. The van der Waals surface area contributed by atoms with Crippen LogP contribution in [0.4, 0.5) is 15.8 Å². The Morgan fingerprint density at radius 3 is 2.46 bits per heavy atom. The van der Waals surface area contributed by atoms with Crippen LogP contribution in [-0.2, 0) is 6.54 Å². The summed E-state index contributed by atoms with van der Waals surface area (Å²) in [5, 5.41) is 5.89. The summed E-state index contributed by atoms with van der Waals surface area (Å²) in [4.78, 5) is 12.2. The number of anilines is 2. The molecule has 0 radical (unpaired) electrons. The van der Waals surface area contributed by atoms with Crippen LogP contribution >= 0.6 is 11.6 Å². The average molecular weight is 345 g/mol. The van der Waals surface area contributed by atoms with Gasteiger partial charge in [-0.1, -0.05) is 17.7 Å². The van der Waals surface area contributed by atoms with Crippen LogP contribution in [0.5, 0.6) is 0 Å². The molecule has 4 nitrogen and oxygen atoms in total. The largest absolute Gasteiger partial charge is 0.467 e. The highest BCUT2D eigenvalue weighted by molar-refractivity contribution is 6.34. The third-order valence-corrected chi connectivity index (χ3v) is 3.69. The van der Waals surface area contributed by atoms with E-state index >= 15 is 0 Å². The van der Waals surface area contributed by atoms with E-state index in [-0.39, 0.29) is 10.6 Å². The van der Waals surface area contributed by atoms with Crippen LogP contribution in [-0.4, -0.2) is 5.91 Å². The highest BCUT2D eigenvalue weighted by Crippen LogP contribution is 2.21. The maximum absolute atomic E-state index is 13.7. The first-order chi connectivity index (χ1) is 11.6. The van der Waals surface area contributed by atoms with Crippen molar-refractivity contribution in [2.45, 2.75) is 6.54 Å². The van der Waals surface area contributed by atoms with Gasteiger partial charge in [0, 0.05) is 11.4 Å². The minimum atomic E-state index is -0.656. The van der Waals surface area contributed by atoms with Gasteiger partial charge in [-0.25, -0.2) is 4.39 Å². The molecule has 3 aromatic rings. The van der Waals surface area contributed by atoms with Crippen molar-refractivity contribution in [2.75, 3.05) is 10.6 Å². The Morgan fingerprint density at radius 1 is 1.04 bits per heavy atom. The quantitative estimate of drug-likeness (QED) is 0.689. The van der Waals surface area contributed by atoms with E-state index in [1.807, 2.05) is 24.3 Å². The zero-order valence-corrected chi connectivity index (χ0v) is 13.3. The van der Waals surface area contributed by atoms with E-state index in [9.17, 15) is 9.18 Å². The Morgan fingerprint density at radius 2 is 1.79 bits per heavy atom. The van der Waals surface area contributed by atoms with Gasteiger partial charge in [0.25, 0.3) is 5.91 Å². The van der Waals surface area contributed by atoms with Crippen LogP contribution in [0.3, 0.4) is 0 Å². The fourth-order valence-electron chi connectivity index (χ4n) is 2.18. The van der Waals surface area contributed by atoms with Crippen LogP contribution in [0.15, 0.2) is 65.3 Å². The summed E-state index contributed by atoms with van der Waals surface area (Å²) >= 11 is 5.89. The van der Waals surface area contributed by atoms with Gasteiger partial charge in [0.05, 0.1) is 23.4 Å². The molecule has 0 aliphatic rings. The smallest absolute Gasteiger partial charge is 0.260 e. The van der Waals surface area contributed by atoms with Crippen LogP contribution in [0, 0.1) is 5.82 Å². The van der Waals surface area contributed by atoms with Crippen molar-refractivity contribution >= 4 is 28.9 Å². The summed E-state index contributed by atoms with van der Waals surface area (Å²) in [6.07, 6.45) is 1.61. The number of furan rings is 1. The molecule has 0 aliphatic heterocycles. The first-order valence-electron chi connectivity index (χ1n) is 7.25. The molecule has 0 unspecified atom stereocenters. The lowest BCUT2D eigenvalue weighted by Gasteiger charge is -2.09. The molecule has 1 aromatic heterocycles. The predicted octanol–water partition coefficient (Wildman–Crippen LogP) is 4.94. The summed E-state index contributed by atoms with van der Waals surface area (Å²) < 4.78 is 19.0. The van der Waals surface area contributed by atoms with Gasteiger partial charge in [0.1, 0.15) is 11.6 Å². The molecule has 0 atom stereocenters. The zero-order chi connectivity index (χ0) is 16.9. The molecule has 1 heterocycles. The first-order valence-corrected chi connectivity index (χ1v) is 7.63. The number of rotatable bonds is 5. The number of benzene rings is 2. The third-order valence-electron chi connectivity index (χ3n) is 3.38. The monoisotopic (exact) mass is 344 g/mol. The summed E-state index contributed by atoms with van der Waals surface area (Å²) in [6.45, 7) is 0.559. The molecule has 122 valence electrons. The van der Waals surface area contributed by atoms with Gasteiger partial charge in [-0.3, -0.25) is 4.79 Å². The van der Waals surface area contributed by atoms with Crippen LogP contribution in [0.1, 0.15) is 16.1 Å². The van der Waals surface area contributed by atoms with E-state index in [1.165, 1.54) is 18.2 Å². The van der Waals surface area contributed by atoms with Crippen molar-refractivity contribution in [3.05, 3.63) is 83.0 Å². The van der Waals surface area contributed by atoms with Gasteiger partial charge in [-0.2, -0.15) is 0 Å².